The molecule has 126 valence electrons. The Kier molecular flexibility index (Phi) is 6.87. The maximum atomic E-state index is 11.6. The first-order chi connectivity index (χ1) is 10.2. The van der Waals surface area contributed by atoms with Gasteiger partial charge in [0.05, 0.1) is 19.0 Å². The summed E-state index contributed by atoms with van der Waals surface area (Å²) in [6.07, 6.45) is 3.97. The van der Waals surface area contributed by atoms with E-state index < -0.39 is 11.7 Å². The zero-order valence-corrected chi connectivity index (χ0v) is 14.5. The van der Waals surface area contributed by atoms with E-state index in [0.29, 0.717) is 25.5 Å². The highest BCUT2D eigenvalue weighted by Crippen LogP contribution is 2.20. The molecule has 0 saturated carbocycles. The Morgan fingerprint density at radius 3 is 2.64 bits per heavy atom. The van der Waals surface area contributed by atoms with Gasteiger partial charge >= 0.3 is 6.09 Å². The second-order valence-corrected chi connectivity index (χ2v) is 6.74. The van der Waals surface area contributed by atoms with Crippen LogP contribution < -0.4 is 5.32 Å². The van der Waals surface area contributed by atoms with Gasteiger partial charge in [-0.2, -0.15) is 0 Å². The minimum Gasteiger partial charge on any atom is -0.444 e. The van der Waals surface area contributed by atoms with Gasteiger partial charge in [-0.25, -0.2) is 9.78 Å². The fourth-order valence-electron chi connectivity index (χ4n) is 2.20. The van der Waals surface area contributed by atoms with Crippen molar-refractivity contribution in [2.75, 3.05) is 20.3 Å². The fourth-order valence-corrected chi connectivity index (χ4v) is 2.20. The number of amides is 1. The summed E-state index contributed by atoms with van der Waals surface area (Å²) in [5.41, 5.74) is 0.597. The maximum Gasteiger partial charge on any atom is 0.407 e. The van der Waals surface area contributed by atoms with Crippen LogP contribution in [0, 0.1) is 5.92 Å². The first-order valence-corrected chi connectivity index (χ1v) is 7.71. The van der Waals surface area contributed by atoms with Crippen LogP contribution in [0.4, 0.5) is 4.79 Å². The molecule has 1 unspecified atom stereocenters. The van der Waals surface area contributed by atoms with Crippen LogP contribution in [0.3, 0.4) is 0 Å². The lowest BCUT2D eigenvalue weighted by molar-refractivity contribution is 0.0528. The lowest BCUT2D eigenvalue weighted by atomic mass is 10.0. The van der Waals surface area contributed by atoms with E-state index >= 15 is 0 Å². The molecule has 6 heteroatoms. The Hall–Kier alpha value is -1.56. The monoisotopic (exact) mass is 311 g/mol. The maximum absolute atomic E-state index is 11.6. The van der Waals surface area contributed by atoms with Crippen LogP contribution in [0.25, 0.3) is 0 Å². The topological polar surface area (TPSA) is 65.4 Å². The smallest absolute Gasteiger partial charge is 0.407 e. The minimum absolute atomic E-state index is 0.240. The molecule has 1 atom stereocenters. The van der Waals surface area contributed by atoms with Crippen molar-refractivity contribution in [1.82, 2.24) is 14.9 Å². The van der Waals surface area contributed by atoms with E-state index in [0.717, 1.165) is 5.69 Å². The predicted molar refractivity (Wildman–Crippen MR) is 85.9 cm³/mol. The van der Waals surface area contributed by atoms with E-state index in [1.54, 1.807) is 7.11 Å². The molecule has 22 heavy (non-hydrogen) atoms. The highest BCUT2D eigenvalue weighted by molar-refractivity contribution is 5.67. The van der Waals surface area contributed by atoms with Crippen molar-refractivity contribution in [2.45, 2.75) is 52.7 Å². The highest BCUT2D eigenvalue weighted by Gasteiger charge is 2.19. The number of hydrogen-bond acceptors (Lipinski definition) is 4. The van der Waals surface area contributed by atoms with Crippen LogP contribution in [0.5, 0.6) is 0 Å². The van der Waals surface area contributed by atoms with Crippen molar-refractivity contribution in [2.24, 2.45) is 5.92 Å². The van der Waals surface area contributed by atoms with Crippen molar-refractivity contribution in [3.63, 3.8) is 0 Å². The minimum atomic E-state index is -0.479. The number of imidazole rings is 1. The lowest BCUT2D eigenvalue weighted by Gasteiger charge is -2.24. The molecular formula is C16H29N3O3. The van der Waals surface area contributed by atoms with E-state index in [2.05, 4.69) is 28.7 Å². The van der Waals surface area contributed by atoms with Gasteiger partial charge in [0, 0.05) is 32.0 Å². The molecule has 1 aromatic heterocycles. The van der Waals surface area contributed by atoms with Gasteiger partial charge in [0.15, 0.2) is 0 Å². The summed E-state index contributed by atoms with van der Waals surface area (Å²) in [6.45, 7) is 11.0. The first-order valence-electron chi connectivity index (χ1n) is 7.71. The second kappa shape index (κ2) is 8.17. The third-order valence-corrected chi connectivity index (χ3v) is 3.26. The molecule has 0 aliphatic rings. The highest BCUT2D eigenvalue weighted by atomic mass is 16.6. The van der Waals surface area contributed by atoms with Gasteiger partial charge in [0.1, 0.15) is 5.60 Å². The van der Waals surface area contributed by atoms with Gasteiger partial charge in [-0.3, -0.25) is 0 Å². The summed E-state index contributed by atoms with van der Waals surface area (Å²) in [5.74, 6) is 0.437. The quantitative estimate of drug-likeness (QED) is 0.841. The van der Waals surface area contributed by atoms with Crippen molar-refractivity contribution in [3.8, 4) is 0 Å². The summed E-state index contributed by atoms with van der Waals surface area (Å²) >= 11 is 0. The molecule has 0 saturated heterocycles. The molecule has 0 spiro atoms. The molecule has 0 fully saturated rings. The Morgan fingerprint density at radius 2 is 2.09 bits per heavy atom. The normalized spacial score (nSPS) is 13.2. The van der Waals surface area contributed by atoms with Crippen LogP contribution in [0.2, 0.25) is 0 Å². The van der Waals surface area contributed by atoms with Crippen molar-refractivity contribution in [3.05, 3.63) is 18.2 Å². The van der Waals surface area contributed by atoms with Gasteiger partial charge in [0.25, 0.3) is 0 Å². The first kappa shape index (κ1) is 18.5. The lowest BCUT2D eigenvalue weighted by Crippen LogP contribution is -2.34. The predicted octanol–water partition coefficient (Wildman–Crippen LogP) is 2.79. The number of methoxy groups -OCH3 is 1. The van der Waals surface area contributed by atoms with Crippen LogP contribution in [-0.2, 0) is 15.9 Å². The average Bonchev–Trinajstić information content (AvgIpc) is 2.81. The van der Waals surface area contributed by atoms with Crippen molar-refractivity contribution in [1.29, 1.82) is 0 Å². The van der Waals surface area contributed by atoms with E-state index in [1.807, 2.05) is 33.3 Å². The number of ether oxygens (including phenoxy) is 2. The molecule has 0 bridgehead atoms. The molecule has 1 aromatic rings. The van der Waals surface area contributed by atoms with Gasteiger partial charge in [-0.05, 0) is 26.7 Å². The Bertz CT molecular complexity index is 463. The van der Waals surface area contributed by atoms with Crippen LogP contribution >= 0.6 is 0 Å². The van der Waals surface area contributed by atoms with Gasteiger partial charge < -0.3 is 19.4 Å². The fraction of sp³-hybridized carbons (Fsp3) is 0.750. The molecule has 1 rings (SSSR count). The van der Waals surface area contributed by atoms with Gasteiger partial charge in [-0.15, -0.1) is 0 Å². The van der Waals surface area contributed by atoms with Crippen LogP contribution in [0.1, 0.15) is 46.4 Å². The van der Waals surface area contributed by atoms with Crippen molar-refractivity contribution >= 4 is 6.09 Å². The number of nitrogens with zero attached hydrogens (tertiary/aromatic N) is 2. The summed E-state index contributed by atoms with van der Waals surface area (Å²) in [7, 11) is 1.70. The Balaban J connectivity index is 2.57. The Labute approximate surface area is 133 Å². The molecular weight excluding hydrogens is 282 g/mol. The number of carbonyl (C=O) groups is 1. The number of aromatic nitrogens is 2. The average molecular weight is 311 g/mol. The van der Waals surface area contributed by atoms with E-state index in [4.69, 9.17) is 9.47 Å². The molecule has 1 N–H and O–H groups in total. The summed E-state index contributed by atoms with van der Waals surface area (Å²) < 4.78 is 12.7. The number of hydrogen-bond donors (Lipinski definition) is 1. The number of alkyl carbamates (subject to hydrolysis) is 1. The number of nitrogens with one attached hydrogen (secondary N) is 1. The van der Waals surface area contributed by atoms with Crippen molar-refractivity contribution < 1.29 is 14.3 Å². The molecule has 0 aromatic carbocycles. The SMILES string of the molecule is COCC(C(C)C)n1cncc1CCNC(=O)OC(C)(C)C. The zero-order chi connectivity index (χ0) is 16.8. The number of rotatable bonds is 7. The van der Waals surface area contributed by atoms with E-state index in [1.165, 1.54) is 0 Å². The van der Waals surface area contributed by atoms with Gasteiger partial charge in [0.2, 0.25) is 0 Å². The van der Waals surface area contributed by atoms with Gasteiger partial charge in [-0.1, -0.05) is 13.8 Å². The summed E-state index contributed by atoms with van der Waals surface area (Å²) in [4.78, 5) is 15.9. The van der Waals surface area contributed by atoms with E-state index in [9.17, 15) is 4.79 Å². The molecule has 6 nitrogen and oxygen atoms in total. The third-order valence-electron chi connectivity index (χ3n) is 3.26. The summed E-state index contributed by atoms with van der Waals surface area (Å²) in [6, 6.07) is 0.240. The largest absolute Gasteiger partial charge is 0.444 e. The second-order valence-electron chi connectivity index (χ2n) is 6.74. The van der Waals surface area contributed by atoms with E-state index in [-0.39, 0.29) is 6.04 Å². The molecule has 0 aliphatic heterocycles. The van der Waals surface area contributed by atoms with Crippen LogP contribution in [-0.4, -0.2) is 41.5 Å². The molecule has 0 aliphatic carbocycles. The molecule has 1 heterocycles. The standard InChI is InChI=1S/C16H29N3O3/c1-12(2)14(10-21-6)19-11-17-9-13(19)7-8-18-15(20)22-16(3,4)5/h9,11-12,14H,7-8,10H2,1-6H3,(H,18,20). The van der Waals surface area contributed by atoms with Crippen LogP contribution in [0.15, 0.2) is 12.5 Å². The third kappa shape index (κ3) is 6.05. The Morgan fingerprint density at radius 1 is 1.41 bits per heavy atom. The zero-order valence-electron chi connectivity index (χ0n) is 14.5. The summed E-state index contributed by atoms with van der Waals surface area (Å²) in [5, 5.41) is 2.77. The molecule has 0 radical (unpaired) electrons. The molecule has 1 amide bonds. The number of carbonyl (C=O) groups excluding carboxylic acids is 1.